The summed E-state index contributed by atoms with van der Waals surface area (Å²) < 4.78 is 38.7. The van der Waals surface area contributed by atoms with Crippen molar-refractivity contribution in [1.29, 1.82) is 0 Å². The van der Waals surface area contributed by atoms with Crippen LogP contribution in [0.3, 0.4) is 0 Å². The van der Waals surface area contributed by atoms with E-state index in [2.05, 4.69) is 27.6 Å². The number of hydrogen-bond donors (Lipinski definition) is 1. The lowest BCUT2D eigenvalue weighted by atomic mass is 10.1. The summed E-state index contributed by atoms with van der Waals surface area (Å²) in [6.45, 7) is 1.73. The molecule has 1 heterocycles. The van der Waals surface area contributed by atoms with Gasteiger partial charge in [-0.2, -0.15) is 13.2 Å². The average molecular weight is 352 g/mol. The fourth-order valence-corrected chi connectivity index (χ4v) is 2.01. The van der Waals surface area contributed by atoms with Crippen LogP contribution in [0.5, 0.6) is 0 Å². The van der Waals surface area contributed by atoms with E-state index in [0.29, 0.717) is 16.5 Å². The van der Waals surface area contributed by atoms with Gasteiger partial charge in [0.15, 0.2) is 0 Å². The molecule has 0 saturated carbocycles. The number of hydrogen-bond acceptors (Lipinski definition) is 2. The number of benzene rings is 1. The van der Waals surface area contributed by atoms with E-state index in [0.717, 1.165) is 9.64 Å². The summed E-state index contributed by atoms with van der Waals surface area (Å²) in [7, 11) is 0. The van der Waals surface area contributed by atoms with Gasteiger partial charge in [-0.15, -0.1) is 0 Å². The van der Waals surface area contributed by atoms with Gasteiger partial charge in [-0.3, -0.25) is 0 Å². The third-order valence-corrected chi connectivity index (χ3v) is 3.66. The summed E-state index contributed by atoms with van der Waals surface area (Å²) in [6.07, 6.45) is -4.48. The van der Waals surface area contributed by atoms with Crippen molar-refractivity contribution in [3.05, 3.63) is 33.0 Å². The highest BCUT2D eigenvalue weighted by Crippen LogP contribution is 2.33. The highest BCUT2D eigenvalue weighted by atomic mass is 127. The highest BCUT2D eigenvalue weighted by molar-refractivity contribution is 14.1. The standard InChI is InChI=1S/C11H8F3IN2/c1-5-7(15)3-2-6-8(16)4-9(11(12,13)14)17-10(5)6/h2-4H,1H3,(H2,16,17). The molecular weight excluding hydrogens is 344 g/mol. The Morgan fingerprint density at radius 3 is 2.53 bits per heavy atom. The molecule has 2 rings (SSSR count). The van der Waals surface area contributed by atoms with Crippen LogP contribution in [0.1, 0.15) is 11.3 Å². The van der Waals surface area contributed by atoms with Crippen molar-refractivity contribution in [2.75, 3.05) is 5.73 Å². The first-order valence-corrected chi connectivity index (χ1v) is 5.81. The molecule has 1 aromatic heterocycles. The Balaban J connectivity index is 2.84. The van der Waals surface area contributed by atoms with Crippen LogP contribution < -0.4 is 5.73 Å². The molecule has 0 radical (unpaired) electrons. The molecule has 0 saturated heterocycles. The van der Waals surface area contributed by atoms with Crippen LogP contribution in [0.15, 0.2) is 18.2 Å². The first-order valence-electron chi connectivity index (χ1n) is 4.73. The van der Waals surface area contributed by atoms with E-state index < -0.39 is 11.9 Å². The molecule has 0 aliphatic heterocycles. The largest absolute Gasteiger partial charge is 0.433 e. The molecular formula is C11H8F3IN2. The van der Waals surface area contributed by atoms with Gasteiger partial charge < -0.3 is 5.73 Å². The molecule has 2 N–H and O–H groups in total. The van der Waals surface area contributed by atoms with Crippen LogP contribution in [0, 0.1) is 10.5 Å². The molecule has 0 unspecified atom stereocenters. The van der Waals surface area contributed by atoms with Crippen molar-refractivity contribution in [2.24, 2.45) is 0 Å². The van der Waals surface area contributed by atoms with Crippen LogP contribution in [-0.2, 0) is 6.18 Å². The summed E-state index contributed by atoms with van der Waals surface area (Å²) in [5.41, 5.74) is 5.80. The van der Waals surface area contributed by atoms with Gasteiger partial charge in [-0.05, 0) is 53.3 Å². The SMILES string of the molecule is Cc1c(I)ccc2c(N)cc(C(F)(F)F)nc12. The Labute approximate surface area is 109 Å². The molecule has 90 valence electrons. The zero-order valence-corrected chi connectivity index (χ0v) is 10.9. The lowest BCUT2D eigenvalue weighted by molar-refractivity contribution is -0.140. The second-order valence-corrected chi connectivity index (χ2v) is 4.83. The van der Waals surface area contributed by atoms with Gasteiger partial charge in [0, 0.05) is 14.6 Å². The maximum Gasteiger partial charge on any atom is 0.433 e. The number of nitrogen functional groups attached to an aromatic ring is 1. The quantitative estimate of drug-likeness (QED) is 0.734. The number of alkyl halides is 3. The molecule has 1 aromatic carbocycles. The van der Waals surface area contributed by atoms with Crippen LogP contribution in [0.2, 0.25) is 0 Å². The zero-order valence-electron chi connectivity index (χ0n) is 8.77. The van der Waals surface area contributed by atoms with Crippen LogP contribution >= 0.6 is 22.6 Å². The lowest BCUT2D eigenvalue weighted by Crippen LogP contribution is -2.09. The number of halogens is 4. The lowest BCUT2D eigenvalue weighted by Gasteiger charge is -2.11. The Morgan fingerprint density at radius 2 is 1.94 bits per heavy atom. The molecule has 0 fully saturated rings. The Bertz CT molecular complexity index is 593. The molecule has 0 bridgehead atoms. The molecule has 0 atom stereocenters. The minimum atomic E-state index is -4.48. The maximum atomic E-state index is 12.6. The molecule has 0 spiro atoms. The van der Waals surface area contributed by atoms with Crippen molar-refractivity contribution < 1.29 is 13.2 Å². The van der Waals surface area contributed by atoms with Crippen LogP contribution in [0.4, 0.5) is 18.9 Å². The second kappa shape index (κ2) is 4.01. The summed E-state index contributed by atoms with van der Waals surface area (Å²) in [4.78, 5) is 3.66. The molecule has 0 amide bonds. The van der Waals surface area contributed by atoms with Crippen molar-refractivity contribution in [1.82, 2.24) is 4.98 Å². The first kappa shape index (κ1) is 12.4. The third-order valence-electron chi connectivity index (χ3n) is 2.49. The van der Waals surface area contributed by atoms with E-state index >= 15 is 0 Å². The number of rotatable bonds is 0. The van der Waals surface area contributed by atoms with E-state index in [1.165, 1.54) is 0 Å². The Morgan fingerprint density at radius 1 is 1.29 bits per heavy atom. The summed E-state index contributed by atoms with van der Waals surface area (Å²) in [5, 5.41) is 0.552. The molecule has 17 heavy (non-hydrogen) atoms. The fraction of sp³-hybridized carbons (Fsp3) is 0.182. The monoisotopic (exact) mass is 352 g/mol. The minimum absolute atomic E-state index is 0.0989. The van der Waals surface area contributed by atoms with Gasteiger partial charge in [0.05, 0.1) is 5.52 Å². The smallest absolute Gasteiger partial charge is 0.398 e. The normalized spacial score (nSPS) is 12.1. The summed E-state index contributed by atoms with van der Waals surface area (Å²) >= 11 is 2.05. The van der Waals surface area contributed by atoms with Crippen molar-refractivity contribution in [2.45, 2.75) is 13.1 Å². The van der Waals surface area contributed by atoms with E-state index in [9.17, 15) is 13.2 Å². The molecule has 0 aliphatic carbocycles. The van der Waals surface area contributed by atoms with Crippen LogP contribution in [0.25, 0.3) is 10.9 Å². The maximum absolute atomic E-state index is 12.6. The van der Waals surface area contributed by atoms with Gasteiger partial charge in [-0.1, -0.05) is 0 Å². The predicted octanol–water partition coefficient (Wildman–Crippen LogP) is 3.75. The zero-order chi connectivity index (χ0) is 12.8. The number of aryl methyl sites for hydroxylation is 1. The van der Waals surface area contributed by atoms with Gasteiger partial charge in [0.25, 0.3) is 0 Å². The second-order valence-electron chi connectivity index (χ2n) is 3.66. The number of fused-ring (bicyclic) bond motifs is 1. The summed E-state index contributed by atoms with van der Waals surface area (Å²) in [5.74, 6) is 0. The molecule has 6 heteroatoms. The van der Waals surface area contributed by atoms with E-state index in [4.69, 9.17) is 5.73 Å². The van der Waals surface area contributed by atoms with Crippen molar-refractivity contribution in [3.8, 4) is 0 Å². The third kappa shape index (κ3) is 2.18. The van der Waals surface area contributed by atoms with Gasteiger partial charge >= 0.3 is 6.18 Å². The van der Waals surface area contributed by atoms with E-state index in [-0.39, 0.29) is 5.69 Å². The number of aromatic nitrogens is 1. The Kier molecular flexibility index (Phi) is 2.92. The summed E-state index contributed by atoms with van der Waals surface area (Å²) in [6, 6.07) is 4.37. The number of nitrogens with zero attached hydrogens (tertiary/aromatic N) is 1. The average Bonchev–Trinajstić information content (AvgIpc) is 2.22. The van der Waals surface area contributed by atoms with Crippen molar-refractivity contribution in [3.63, 3.8) is 0 Å². The molecule has 2 nitrogen and oxygen atoms in total. The molecule has 0 aliphatic rings. The first-order chi connectivity index (χ1) is 7.80. The topological polar surface area (TPSA) is 38.9 Å². The number of pyridine rings is 1. The molecule has 2 aromatic rings. The van der Waals surface area contributed by atoms with Gasteiger partial charge in [0.2, 0.25) is 0 Å². The van der Waals surface area contributed by atoms with Crippen molar-refractivity contribution >= 4 is 39.2 Å². The van der Waals surface area contributed by atoms with Gasteiger partial charge in [-0.25, -0.2) is 4.98 Å². The van der Waals surface area contributed by atoms with E-state index in [1.807, 2.05) is 6.07 Å². The Hall–Kier alpha value is -1.05. The number of nitrogens with two attached hydrogens (primary N) is 1. The predicted molar refractivity (Wildman–Crippen MR) is 68.6 cm³/mol. The highest BCUT2D eigenvalue weighted by Gasteiger charge is 2.33. The van der Waals surface area contributed by atoms with Gasteiger partial charge in [0.1, 0.15) is 5.69 Å². The number of anilines is 1. The van der Waals surface area contributed by atoms with Crippen LogP contribution in [-0.4, -0.2) is 4.98 Å². The fourth-order valence-electron chi connectivity index (χ4n) is 1.58. The van der Waals surface area contributed by atoms with E-state index in [1.54, 1.807) is 13.0 Å². The minimum Gasteiger partial charge on any atom is -0.398 e.